The van der Waals surface area contributed by atoms with Crippen molar-refractivity contribution >= 4 is 20.9 Å². The van der Waals surface area contributed by atoms with E-state index in [2.05, 4.69) is 10.3 Å². The van der Waals surface area contributed by atoms with Gasteiger partial charge in [-0.05, 0) is 19.2 Å². The quantitative estimate of drug-likeness (QED) is 0.810. The summed E-state index contributed by atoms with van der Waals surface area (Å²) in [5.41, 5.74) is 0.739. The minimum Gasteiger partial charge on any atom is -0.408 e. The predicted molar refractivity (Wildman–Crippen MR) is 62.8 cm³/mol. The molecule has 92 valence electrons. The number of hydrogen-bond acceptors (Lipinski definition) is 5. The van der Waals surface area contributed by atoms with Gasteiger partial charge in [0.05, 0.1) is 16.2 Å². The molecule has 0 atom stereocenters. The normalized spacial score (nSPS) is 12.1. The molecule has 0 radical (unpaired) electrons. The number of aromatic amines is 1. The summed E-state index contributed by atoms with van der Waals surface area (Å²) in [5, 5.41) is 2.78. The number of benzene rings is 1. The second-order valence-electron chi connectivity index (χ2n) is 3.59. The summed E-state index contributed by atoms with van der Waals surface area (Å²) in [6, 6.07) is 4.34. The van der Waals surface area contributed by atoms with Crippen molar-refractivity contribution in [3.63, 3.8) is 0 Å². The van der Waals surface area contributed by atoms with E-state index >= 15 is 0 Å². The number of rotatable bonds is 4. The lowest BCUT2D eigenvalue weighted by Crippen LogP contribution is -2.19. The fourth-order valence-electron chi connectivity index (χ4n) is 1.47. The van der Waals surface area contributed by atoms with Crippen LogP contribution in [0.2, 0.25) is 0 Å². The fraction of sp³-hybridized carbons (Fsp3) is 0.300. The molecular weight excluding hydrogens is 244 g/mol. The van der Waals surface area contributed by atoms with Gasteiger partial charge in [-0.15, -0.1) is 0 Å². The molecule has 7 heteroatoms. The first-order valence-electron chi connectivity index (χ1n) is 5.03. The molecule has 0 spiro atoms. The van der Waals surface area contributed by atoms with Crippen LogP contribution in [0, 0.1) is 0 Å². The number of H-pyrrole nitrogens is 1. The average Bonchev–Trinajstić information content (AvgIpc) is 2.65. The smallest absolute Gasteiger partial charge is 0.408 e. The van der Waals surface area contributed by atoms with E-state index in [0.717, 1.165) is 0 Å². The lowest BCUT2D eigenvalue weighted by molar-refractivity contribution is 0.554. The second-order valence-corrected chi connectivity index (χ2v) is 5.70. The highest BCUT2D eigenvalue weighted by Crippen LogP contribution is 2.17. The molecule has 0 fully saturated rings. The maximum atomic E-state index is 11.9. The monoisotopic (exact) mass is 256 g/mol. The number of nitrogens with one attached hydrogen (secondary N) is 2. The van der Waals surface area contributed by atoms with E-state index in [-0.39, 0.29) is 16.2 Å². The zero-order valence-electron chi connectivity index (χ0n) is 9.19. The van der Waals surface area contributed by atoms with E-state index in [9.17, 15) is 13.2 Å². The highest BCUT2D eigenvalue weighted by molar-refractivity contribution is 7.91. The molecule has 2 rings (SSSR count). The molecule has 2 aromatic rings. The summed E-state index contributed by atoms with van der Waals surface area (Å²) in [6.45, 7) is 0.372. The van der Waals surface area contributed by atoms with Gasteiger partial charge < -0.3 is 9.73 Å². The van der Waals surface area contributed by atoms with Gasteiger partial charge in [-0.3, -0.25) is 4.98 Å². The van der Waals surface area contributed by atoms with Gasteiger partial charge in [-0.1, -0.05) is 0 Å². The fourth-order valence-corrected chi connectivity index (χ4v) is 2.74. The summed E-state index contributed by atoms with van der Waals surface area (Å²) in [6.07, 6.45) is 0. The van der Waals surface area contributed by atoms with Crippen LogP contribution in [0.25, 0.3) is 11.1 Å². The molecule has 0 saturated heterocycles. The highest BCUT2D eigenvalue weighted by Gasteiger charge is 2.15. The van der Waals surface area contributed by atoms with Gasteiger partial charge >= 0.3 is 5.76 Å². The molecule has 2 N–H and O–H groups in total. The summed E-state index contributed by atoms with van der Waals surface area (Å²) in [7, 11) is -1.66. The molecule has 1 aromatic carbocycles. The first-order valence-corrected chi connectivity index (χ1v) is 6.68. The van der Waals surface area contributed by atoms with E-state index in [1.54, 1.807) is 7.05 Å². The van der Waals surface area contributed by atoms with Gasteiger partial charge in [0, 0.05) is 12.6 Å². The van der Waals surface area contributed by atoms with Crippen LogP contribution >= 0.6 is 0 Å². The van der Waals surface area contributed by atoms with Crippen LogP contribution in [0.5, 0.6) is 0 Å². The van der Waals surface area contributed by atoms with Gasteiger partial charge in [0.15, 0.2) is 15.4 Å². The first kappa shape index (κ1) is 11.9. The largest absolute Gasteiger partial charge is 0.417 e. The Labute approximate surface area is 97.6 Å². The maximum absolute atomic E-state index is 11.9. The predicted octanol–water partition coefficient (Wildman–Crippen LogP) is 0.114. The van der Waals surface area contributed by atoms with E-state index in [1.165, 1.54) is 18.2 Å². The molecule has 1 heterocycles. The highest BCUT2D eigenvalue weighted by atomic mass is 32.2. The summed E-state index contributed by atoms with van der Waals surface area (Å²) >= 11 is 0. The summed E-state index contributed by atoms with van der Waals surface area (Å²) < 4.78 is 28.6. The van der Waals surface area contributed by atoms with Gasteiger partial charge in [-0.25, -0.2) is 13.2 Å². The molecule has 0 amide bonds. The lowest BCUT2D eigenvalue weighted by Gasteiger charge is -2.03. The second kappa shape index (κ2) is 4.34. The van der Waals surface area contributed by atoms with E-state index in [0.29, 0.717) is 12.1 Å². The van der Waals surface area contributed by atoms with Gasteiger partial charge in [-0.2, -0.15) is 0 Å². The SMILES string of the molecule is CNCCS(=O)(=O)c1ccc2[nH]c(=O)oc2c1. The van der Waals surface area contributed by atoms with Crippen LogP contribution in [-0.2, 0) is 9.84 Å². The van der Waals surface area contributed by atoms with Crippen LogP contribution in [-0.4, -0.2) is 32.7 Å². The summed E-state index contributed by atoms with van der Waals surface area (Å²) in [4.78, 5) is 13.5. The Morgan fingerprint density at radius 1 is 1.41 bits per heavy atom. The molecule has 0 aliphatic carbocycles. The van der Waals surface area contributed by atoms with Crippen LogP contribution in [0.1, 0.15) is 0 Å². The molecule has 1 aromatic heterocycles. The van der Waals surface area contributed by atoms with E-state index in [1.807, 2.05) is 0 Å². The molecular formula is C10H12N2O4S. The zero-order chi connectivity index (χ0) is 12.5. The Balaban J connectivity index is 2.45. The molecule has 0 aliphatic heterocycles. The maximum Gasteiger partial charge on any atom is 0.417 e. The van der Waals surface area contributed by atoms with Crippen molar-refractivity contribution in [1.82, 2.24) is 10.3 Å². The Morgan fingerprint density at radius 3 is 2.88 bits per heavy atom. The number of hydrogen-bond donors (Lipinski definition) is 2. The van der Waals surface area contributed by atoms with Gasteiger partial charge in [0.1, 0.15) is 0 Å². The Hall–Kier alpha value is -1.60. The van der Waals surface area contributed by atoms with Crippen LogP contribution < -0.4 is 11.1 Å². The van der Waals surface area contributed by atoms with Crippen molar-refractivity contribution < 1.29 is 12.8 Å². The van der Waals surface area contributed by atoms with Crippen molar-refractivity contribution in [1.29, 1.82) is 0 Å². The minimum absolute atomic E-state index is 0.00363. The third kappa shape index (κ3) is 2.40. The molecule has 0 unspecified atom stereocenters. The standard InChI is InChI=1S/C10H12N2O4S/c1-11-4-5-17(14,15)7-2-3-8-9(6-7)16-10(13)12-8/h2-3,6,11H,4-5H2,1H3,(H,12,13). The summed E-state index contributed by atoms with van der Waals surface area (Å²) in [5.74, 6) is -0.589. The molecule has 0 bridgehead atoms. The Bertz CT molecular complexity index is 684. The average molecular weight is 256 g/mol. The van der Waals surface area contributed by atoms with Crippen molar-refractivity contribution in [2.75, 3.05) is 19.3 Å². The lowest BCUT2D eigenvalue weighted by atomic mass is 10.3. The molecule has 0 aliphatic rings. The van der Waals surface area contributed by atoms with E-state index < -0.39 is 15.6 Å². The van der Waals surface area contributed by atoms with Crippen molar-refractivity contribution in [3.8, 4) is 0 Å². The van der Waals surface area contributed by atoms with Crippen molar-refractivity contribution in [2.45, 2.75) is 4.90 Å². The van der Waals surface area contributed by atoms with Gasteiger partial charge in [0.2, 0.25) is 0 Å². The third-order valence-corrected chi connectivity index (χ3v) is 4.09. The minimum atomic E-state index is -3.34. The van der Waals surface area contributed by atoms with Crippen molar-refractivity contribution in [2.24, 2.45) is 0 Å². The molecule has 17 heavy (non-hydrogen) atoms. The third-order valence-electron chi connectivity index (χ3n) is 2.37. The molecule has 0 saturated carbocycles. The van der Waals surface area contributed by atoms with Crippen LogP contribution in [0.3, 0.4) is 0 Å². The number of oxazole rings is 1. The van der Waals surface area contributed by atoms with Gasteiger partial charge in [0.25, 0.3) is 0 Å². The first-order chi connectivity index (χ1) is 8.03. The van der Waals surface area contributed by atoms with E-state index in [4.69, 9.17) is 4.42 Å². The Kier molecular flexibility index (Phi) is 3.03. The molecule has 6 nitrogen and oxygen atoms in total. The topological polar surface area (TPSA) is 92.2 Å². The van der Waals surface area contributed by atoms with Crippen molar-refractivity contribution in [3.05, 3.63) is 28.7 Å². The van der Waals surface area contributed by atoms with Crippen LogP contribution in [0.4, 0.5) is 0 Å². The van der Waals surface area contributed by atoms with Crippen LogP contribution in [0.15, 0.2) is 32.3 Å². The number of aromatic nitrogens is 1. The zero-order valence-corrected chi connectivity index (χ0v) is 10.0. The number of fused-ring (bicyclic) bond motifs is 1. The Morgan fingerprint density at radius 2 is 2.18 bits per heavy atom. The number of sulfone groups is 1.